The van der Waals surface area contributed by atoms with E-state index in [-0.39, 0.29) is 6.29 Å². The van der Waals surface area contributed by atoms with Gasteiger partial charge in [-0.25, -0.2) is 0 Å². The molecule has 1 aromatic carbocycles. The second kappa shape index (κ2) is 7.31. The number of halogens is 1. The Balaban J connectivity index is 1.40. The van der Waals surface area contributed by atoms with Gasteiger partial charge < -0.3 is 14.0 Å². The molecule has 3 heterocycles. The van der Waals surface area contributed by atoms with Crippen LogP contribution in [-0.4, -0.2) is 47.6 Å². The third kappa shape index (κ3) is 3.69. The molecule has 2 fully saturated rings. The van der Waals surface area contributed by atoms with Crippen molar-refractivity contribution in [3.63, 3.8) is 0 Å². The van der Waals surface area contributed by atoms with Crippen LogP contribution in [0.15, 0.2) is 33.3 Å². The van der Waals surface area contributed by atoms with E-state index in [9.17, 15) is 0 Å². The molecule has 0 aliphatic carbocycles. The van der Waals surface area contributed by atoms with E-state index in [0.29, 0.717) is 37.4 Å². The summed E-state index contributed by atoms with van der Waals surface area (Å²) in [6.45, 7) is 4.07. The summed E-state index contributed by atoms with van der Waals surface area (Å²) in [5.74, 6) is 1.70. The smallest absolute Gasteiger partial charge is 0.241 e. The van der Waals surface area contributed by atoms with Gasteiger partial charge >= 0.3 is 0 Å². The SMILES string of the molecule is Brc1cccc(-c2noc(CN3CCCC(C4OCCO4)C3)n2)c1. The number of ether oxygens (including phenoxy) is 2. The maximum absolute atomic E-state index is 5.66. The summed E-state index contributed by atoms with van der Waals surface area (Å²) in [4.78, 5) is 6.88. The zero-order chi connectivity index (χ0) is 16.4. The molecule has 128 valence electrons. The van der Waals surface area contributed by atoms with Crippen LogP contribution in [0, 0.1) is 5.92 Å². The first-order valence-corrected chi connectivity index (χ1v) is 9.11. The Bertz CT molecular complexity index is 687. The normalized spacial score (nSPS) is 23.0. The van der Waals surface area contributed by atoms with Gasteiger partial charge in [-0.3, -0.25) is 4.90 Å². The lowest BCUT2D eigenvalue weighted by Crippen LogP contribution is -2.40. The number of hydrogen-bond donors (Lipinski definition) is 0. The minimum atomic E-state index is -0.0484. The lowest BCUT2D eigenvalue weighted by molar-refractivity contribution is -0.101. The molecule has 7 heteroatoms. The van der Waals surface area contributed by atoms with Gasteiger partial charge in [-0.15, -0.1) is 0 Å². The van der Waals surface area contributed by atoms with Gasteiger partial charge in [0.1, 0.15) is 0 Å². The zero-order valence-corrected chi connectivity index (χ0v) is 14.9. The molecule has 2 saturated heterocycles. The third-order valence-electron chi connectivity index (χ3n) is 4.48. The minimum Gasteiger partial charge on any atom is -0.350 e. The van der Waals surface area contributed by atoms with Gasteiger partial charge in [-0.05, 0) is 31.5 Å². The number of piperidine rings is 1. The second-order valence-corrected chi connectivity index (χ2v) is 7.19. The van der Waals surface area contributed by atoms with Crippen molar-refractivity contribution in [3.8, 4) is 11.4 Å². The molecule has 1 aromatic heterocycles. The minimum absolute atomic E-state index is 0.0484. The topological polar surface area (TPSA) is 60.6 Å². The van der Waals surface area contributed by atoms with Crippen LogP contribution in [0.4, 0.5) is 0 Å². The molecule has 6 nitrogen and oxygen atoms in total. The monoisotopic (exact) mass is 393 g/mol. The molecule has 2 aromatic rings. The fourth-order valence-electron chi connectivity index (χ4n) is 3.36. The van der Waals surface area contributed by atoms with Crippen LogP contribution in [-0.2, 0) is 16.0 Å². The van der Waals surface area contributed by atoms with E-state index in [1.807, 2.05) is 24.3 Å². The fourth-order valence-corrected chi connectivity index (χ4v) is 3.76. The van der Waals surface area contributed by atoms with E-state index in [2.05, 4.69) is 31.0 Å². The Labute approximate surface area is 149 Å². The summed E-state index contributed by atoms with van der Waals surface area (Å²) in [7, 11) is 0. The van der Waals surface area contributed by atoms with E-state index < -0.39 is 0 Å². The molecular formula is C17H20BrN3O3. The summed E-state index contributed by atoms with van der Waals surface area (Å²) in [6, 6.07) is 7.91. The number of likely N-dealkylation sites (tertiary alicyclic amines) is 1. The van der Waals surface area contributed by atoms with Crippen LogP contribution >= 0.6 is 15.9 Å². The van der Waals surface area contributed by atoms with Crippen LogP contribution in [0.25, 0.3) is 11.4 Å². The van der Waals surface area contributed by atoms with Gasteiger partial charge in [-0.1, -0.05) is 33.2 Å². The Hall–Kier alpha value is -1.28. The molecule has 0 amide bonds. The molecule has 2 aliphatic heterocycles. The van der Waals surface area contributed by atoms with Crippen LogP contribution in [0.5, 0.6) is 0 Å². The second-order valence-electron chi connectivity index (χ2n) is 6.27. The van der Waals surface area contributed by atoms with Crippen molar-refractivity contribution in [2.45, 2.75) is 25.7 Å². The van der Waals surface area contributed by atoms with E-state index in [4.69, 9.17) is 14.0 Å². The molecule has 0 saturated carbocycles. The fraction of sp³-hybridized carbons (Fsp3) is 0.529. The first-order chi connectivity index (χ1) is 11.8. The molecule has 1 unspecified atom stereocenters. The Morgan fingerprint density at radius 3 is 2.96 bits per heavy atom. The van der Waals surface area contributed by atoms with Crippen LogP contribution in [0.3, 0.4) is 0 Å². The van der Waals surface area contributed by atoms with E-state index >= 15 is 0 Å². The summed E-state index contributed by atoms with van der Waals surface area (Å²) in [5.41, 5.74) is 0.948. The highest BCUT2D eigenvalue weighted by Gasteiger charge is 2.31. The molecule has 4 rings (SSSR count). The lowest BCUT2D eigenvalue weighted by atomic mass is 9.97. The first-order valence-electron chi connectivity index (χ1n) is 8.32. The molecule has 24 heavy (non-hydrogen) atoms. The van der Waals surface area contributed by atoms with Crippen LogP contribution < -0.4 is 0 Å². The summed E-state index contributed by atoms with van der Waals surface area (Å²) < 4.78 is 17.8. The average Bonchev–Trinajstić information content (AvgIpc) is 3.27. The van der Waals surface area contributed by atoms with Gasteiger partial charge in [0.05, 0.1) is 19.8 Å². The Morgan fingerprint density at radius 2 is 2.12 bits per heavy atom. The molecule has 0 N–H and O–H groups in total. The largest absolute Gasteiger partial charge is 0.350 e. The van der Waals surface area contributed by atoms with Crippen molar-refractivity contribution in [1.29, 1.82) is 0 Å². The molecule has 0 bridgehead atoms. The van der Waals surface area contributed by atoms with Crippen molar-refractivity contribution in [3.05, 3.63) is 34.6 Å². The van der Waals surface area contributed by atoms with Crippen molar-refractivity contribution in [2.75, 3.05) is 26.3 Å². The standard InChI is InChI=1S/C17H20BrN3O3/c18-14-5-1-3-12(9-14)16-19-15(24-20-16)11-21-6-2-4-13(10-21)17-22-7-8-23-17/h1,3,5,9,13,17H,2,4,6-8,10-11H2. The molecule has 1 atom stereocenters. The number of nitrogens with zero attached hydrogens (tertiary/aromatic N) is 3. The average molecular weight is 394 g/mol. The van der Waals surface area contributed by atoms with Gasteiger partial charge in [0.25, 0.3) is 0 Å². The summed E-state index contributed by atoms with van der Waals surface area (Å²) >= 11 is 3.47. The number of benzene rings is 1. The predicted octanol–water partition coefficient (Wildman–Crippen LogP) is 3.08. The van der Waals surface area contributed by atoms with E-state index in [1.165, 1.54) is 0 Å². The number of rotatable bonds is 4. The molecular weight excluding hydrogens is 374 g/mol. The van der Waals surface area contributed by atoms with Crippen LogP contribution in [0.2, 0.25) is 0 Å². The van der Waals surface area contributed by atoms with E-state index in [0.717, 1.165) is 36.0 Å². The van der Waals surface area contributed by atoms with Crippen molar-refractivity contribution in [1.82, 2.24) is 15.0 Å². The van der Waals surface area contributed by atoms with Crippen LogP contribution in [0.1, 0.15) is 18.7 Å². The summed E-state index contributed by atoms with van der Waals surface area (Å²) in [6.07, 6.45) is 2.24. The molecule has 0 radical (unpaired) electrons. The summed E-state index contributed by atoms with van der Waals surface area (Å²) in [5, 5.41) is 4.11. The van der Waals surface area contributed by atoms with Gasteiger partial charge in [0, 0.05) is 22.5 Å². The highest BCUT2D eigenvalue weighted by molar-refractivity contribution is 9.10. The van der Waals surface area contributed by atoms with Crippen molar-refractivity contribution >= 4 is 15.9 Å². The van der Waals surface area contributed by atoms with Gasteiger partial charge in [0.2, 0.25) is 11.7 Å². The highest BCUT2D eigenvalue weighted by Crippen LogP contribution is 2.26. The quantitative estimate of drug-likeness (QED) is 0.795. The number of aromatic nitrogens is 2. The Kier molecular flexibility index (Phi) is 4.93. The Morgan fingerprint density at radius 1 is 1.25 bits per heavy atom. The zero-order valence-electron chi connectivity index (χ0n) is 13.4. The maximum atomic E-state index is 5.66. The van der Waals surface area contributed by atoms with Crippen molar-refractivity contribution in [2.24, 2.45) is 5.92 Å². The lowest BCUT2D eigenvalue weighted by Gasteiger charge is -2.33. The third-order valence-corrected chi connectivity index (χ3v) is 4.98. The first kappa shape index (κ1) is 16.2. The maximum Gasteiger partial charge on any atom is 0.241 e. The van der Waals surface area contributed by atoms with E-state index in [1.54, 1.807) is 0 Å². The highest BCUT2D eigenvalue weighted by atomic mass is 79.9. The predicted molar refractivity (Wildman–Crippen MR) is 91.1 cm³/mol. The van der Waals surface area contributed by atoms with Gasteiger partial charge in [0.15, 0.2) is 6.29 Å². The number of hydrogen-bond acceptors (Lipinski definition) is 6. The molecule has 0 spiro atoms. The molecule has 2 aliphatic rings. The van der Waals surface area contributed by atoms with Gasteiger partial charge in [-0.2, -0.15) is 4.98 Å². The van der Waals surface area contributed by atoms with Crippen molar-refractivity contribution < 1.29 is 14.0 Å².